The van der Waals surface area contributed by atoms with Gasteiger partial charge in [0.1, 0.15) is 5.82 Å². The van der Waals surface area contributed by atoms with E-state index in [0.29, 0.717) is 12.2 Å². The Morgan fingerprint density at radius 1 is 1.56 bits per heavy atom. The van der Waals surface area contributed by atoms with Crippen molar-refractivity contribution in [3.8, 4) is 0 Å². The Labute approximate surface area is 94.9 Å². The van der Waals surface area contributed by atoms with Crippen LogP contribution < -0.4 is 10.9 Å². The fourth-order valence-corrected chi connectivity index (χ4v) is 1.48. The van der Waals surface area contributed by atoms with Crippen LogP contribution in [0.4, 0.5) is 5.82 Å². The van der Waals surface area contributed by atoms with Crippen molar-refractivity contribution < 1.29 is 5.11 Å². The first-order chi connectivity index (χ1) is 7.43. The summed E-state index contributed by atoms with van der Waals surface area (Å²) in [4.78, 5) is 17.6. The Balaban J connectivity index is 2.80. The van der Waals surface area contributed by atoms with E-state index in [2.05, 4.69) is 36.1 Å². The molecule has 0 aliphatic heterocycles. The predicted molar refractivity (Wildman–Crippen MR) is 63.4 cm³/mol. The second-order valence-electron chi connectivity index (χ2n) is 4.87. The van der Waals surface area contributed by atoms with Crippen molar-refractivity contribution in [3.05, 3.63) is 22.7 Å². The van der Waals surface area contributed by atoms with Gasteiger partial charge in [-0.25, -0.2) is 4.98 Å². The molecule has 16 heavy (non-hydrogen) atoms. The smallest absolute Gasteiger partial charge is 0.252 e. The van der Waals surface area contributed by atoms with Crippen molar-refractivity contribution in [2.45, 2.75) is 33.2 Å². The molecule has 1 rings (SSSR count). The molecule has 0 radical (unpaired) electrons. The van der Waals surface area contributed by atoms with Gasteiger partial charge in [-0.1, -0.05) is 20.8 Å². The number of H-pyrrole nitrogens is 1. The second-order valence-corrected chi connectivity index (χ2v) is 4.87. The molecular weight excluding hydrogens is 206 g/mol. The Morgan fingerprint density at radius 3 is 2.75 bits per heavy atom. The summed E-state index contributed by atoms with van der Waals surface area (Å²) in [5.74, 6) is 0.539. The number of aromatic nitrogens is 2. The Morgan fingerprint density at radius 2 is 2.25 bits per heavy atom. The second kappa shape index (κ2) is 5.12. The van der Waals surface area contributed by atoms with Gasteiger partial charge in [-0.15, -0.1) is 0 Å². The first-order valence-electron chi connectivity index (χ1n) is 5.35. The van der Waals surface area contributed by atoms with Gasteiger partial charge in [-0.3, -0.25) is 4.79 Å². The van der Waals surface area contributed by atoms with Crippen molar-refractivity contribution >= 4 is 5.82 Å². The summed E-state index contributed by atoms with van der Waals surface area (Å²) in [7, 11) is 0. The van der Waals surface area contributed by atoms with E-state index in [1.165, 1.54) is 12.4 Å². The normalized spacial score (nSPS) is 13.5. The van der Waals surface area contributed by atoms with Gasteiger partial charge in [0.05, 0.1) is 6.33 Å². The molecule has 1 aromatic heterocycles. The van der Waals surface area contributed by atoms with E-state index in [-0.39, 0.29) is 23.6 Å². The molecule has 90 valence electrons. The van der Waals surface area contributed by atoms with Crippen molar-refractivity contribution in [1.29, 1.82) is 0 Å². The highest BCUT2D eigenvalue weighted by molar-refractivity contribution is 5.33. The monoisotopic (exact) mass is 225 g/mol. The largest absolute Gasteiger partial charge is 0.396 e. The van der Waals surface area contributed by atoms with Gasteiger partial charge in [-0.05, 0) is 11.8 Å². The average Bonchev–Trinajstić information content (AvgIpc) is 2.16. The van der Waals surface area contributed by atoms with Crippen LogP contribution in [0.1, 0.15) is 27.2 Å². The molecule has 1 aromatic rings. The number of hydrogen-bond donors (Lipinski definition) is 3. The number of nitrogens with zero attached hydrogens (tertiary/aromatic N) is 1. The molecule has 1 heterocycles. The number of aliphatic hydroxyl groups excluding tert-OH is 1. The summed E-state index contributed by atoms with van der Waals surface area (Å²) in [6.45, 7) is 6.34. The van der Waals surface area contributed by atoms with Crippen LogP contribution >= 0.6 is 0 Å². The molecule has 5 heteroatoms. The topological polar surface area (TPSA) is 78.0 Å². The van der Waals surface area contributed by atoms with Crippen LogP contribution in [0.2, 0.25) is 0 Å². The minimum absolute atomic E-state index is 0.00693. The van der Waals surface area contributed by atoms with E-state index < -0.39 is 0 Å². The third-order valence-corrected chi connectivity index (χ3v) is 2.46. The maximum Gasteiger partial charge on any atom is 0.252 e. The van der Waals surface area contributed by atoms with Crippen LogP contribution in [-0.2, 0) is 0 Å². The molecule has 3 N–H and O–H groups in total. The molecular formula is C11H19N3O2. The van der Waals surface area contributed by atoms with Gasteiger partial charge in [0.15, 0.2) is 0 Å². The lowest BCUT2D eigenvalue weighted by Crippen LogP contribution is -2.35. The van der Waals surface area contributed by atoms with E-state index in [4.69, 9.17) is 5.11 Å². The van der Waals surface area contributed by atoms with Crippen LogP contribution in [0, 0.1) is 5.41 Å². The maximum atomic E-state index is 11.1. The summed E-state index contributed by atoms with van der Waals surface area (Å²) >= 11 is 0. The highest BCUT2D eigenvalue weighted by atomic mass is 16.3. The molecule has 0 saturated heterocycles. The lowest BCUT2D eigenvalue weighted by Gasteiger charge is -2.31. The maximum absolute atomic E-state index is 11.1. The van der Waals surface area contributed by atoms with Crippen LogP contribution in [0.15, 0.2) is 17.2 Å². The molecule has 1 atom stereocenters. The molecule has 0 saturated carbocycles. The van der Waals surface area contributed by atoms with E-state index in [1.54, 1.807) is 0 Å². The molecule has 0 amide bonds. The number of nitrogens with one attached hydrogen (secondary N) is 2. The Bertz CT molecular complexity index is 381. The molecule has 0 spiro atoms. The van der Waals surface area contributed by atoms with Crippen LogP contribution in [0.3, 0.4) is 0 Å². The molecule has 0 bridgehead atoms. The molecule has 1 unspecified atom stereocenters. The molecule has 0 aliphatic rings. The van der Waals surface area contributed by atoms with E-state index >= 15 is 0 Å². The fourth-order valence-electron chi connectivity index (χ4n) is 1.48. The van der Waals surface area contributed by atoms with E-state index in [9.17, 15) is 4.79 Å². The lowest BCUT2D eigenvalue weighted by molar-refractivity contribution is 0.235. The first kappa shape index (κ1) is 12.7. The zero-order valence-corrected chi connectivity index (χ0v) is 9.95. The van der Waals surface area contributed by atoms with Gasteiger partial charge < -0.3 is 15.4 Å². The van der Waals surface area contributed by atoms with Crippen molar-refractivity contribution in [2.75, 3.05) is 11.9 Å². The SMILES string of the molecule is CC(C)(C)C(CCO)Nc1cc(=O)[nH]cn1. The minimum atomic E-state index is -0.186. The van der Waals surface area contributed by atoms with Crippen molar-refractivity contribution in [2.24, 2.45) is 5.41 Å². The standard InChI is InChI=1S/C11H19N3O2/c1-11(2,3)8(4-5-15)14-9-6-10(16)13-7-12-9/h6-8,15H,4-5H2,1-3H3,(H2,12,13,14,16). The van der Waals surface area contributed by atoms with Crippen LogP contribution in [0.5, 0.6) is 0 Å². The zero-order valence-electron chi connectivity index (χ0n) is 9.95. The number of hydrogen-bond acceptors (Lipinski definition) is 4. The average molecular weight is 225 g/mol. The van der Waals surface area contributed by atoms with E-state index in [1.807, 2.05) is 0 Å². The molecule has 0 aliphatic carbocycles. The third kappa shape index (κ3) is 3.66. The van der Waals surface area contributed by atoms with Crippen LogP contribution in [0.25, 0.3) is 0 Å². The summed E-state index contributed by atoms with van der Waals surface area (Å²) in [6.07, 6.45) is 1.99. The number of rotatable bonds is 4. The van der Waals surface area contributed by atoms with Gasteiger partial charge >= 0.3 is 0 Å². The fraction of sp³-hybridized carbons (Fsp3) is 0.636. The Kier molecular flexibility index (Phi) is 4.06. The summed E-state index contributed by atoms with van der Waals surface area (Å²) in [6, 6.07) is 1.49. The third-order valence-electron chi connectivity index (χ3n) is 2.46. The predicted octanol–water partition coefficient (Wildman–Crippen LogP) is 0.979. The number of anilines is 1. The van der Waals surface area contributed by atoms with Crippen LogP contribution in [-0.4, -0.2) is 27.7 Å². The minimum Gasteiger partial charge on any atom is -0.396 e. The van der Waals surface area contributed by atoms with E-state index in [0.717, 1.165) is 0 Å². The molecule has 5 nitrogen and oxygen atoms in total. The first-order valence-corrected chi connectivity index (χ1v) is 5.35. The van der Waals surface area contributed by atoms with Crippen molar-refractivity contribution in [1.82, 2.24) is 9.97 Å². The van der Waals surface area contributed by atoms with Gasteiger partial charge in [-0.2, -0.15) is 0 Å². The zero-order chi connectivity index (χ0) is 12.2. The quantitative estimate of drug-likeness (QED) is 0.713. The Hall–Kier alpha value is -1.36. The summed E-state index contributed by atoms with van der Waals surface area (Å²) in [5, 5.41) is 12.2. The number of aliphatic hydroxyl groups is 1. The highest BCUT2D eigenvalue weighted by Crippen LogP contribution is 2.24. The summed E-state index contributed by atoms with van der Waals surface area (Å²) in [5.41, 5.74) is -0.193. The van der Waals surface area contributed by atoms with Gasteiger partial charge in [0.2, 0.25) is 0 Å². The molecule has 0 aromatic carbocycles. The van der Waals surface area contributed by atoms with Gasteiger partial charge in [0, 0.05) is 18.7 Å². The summed E-state index contributed by atoms with van der Waals surface area (Å²) < 4.78 is 0. The highest BCUT2D eigenvalue weighted by Gasteiger charge is 2.24. The van der Waals surface area contributed by atoms with Crippen molar-refractivity contribution in [3.63, 3.8) is 0 Å². The number of aromatic amines is 1. The molecule has 0 fully saturated rings. The lowest BCUT2D eigenvalue weighted by atomic mass is 9.85. The van der Waals surface area contributed by atoms with Gasteiger partial charge in [0.25, 0.3) is 5.56 Å².